The van der Waals surface area contributed by atoms with Gasteiger partial charge in [0, 0.05) is 6.04 Å². The van der Waals surface area contributed by atoms with E-state index in [-0.39, 0.29) is 17.9 Å². The molecule has 1 aliphatic carbocycles. The number of rotatable bonds is 1. The van der Waals surface area contributed by atoms with Crippen molar-refractivity contribution >= 4 is 5.91 Å². The van der Waals surface area contributed by atoms with E-state index in [1.807, 2.05) is 0 Å². The first-order valence-corrected chi connectivity index (χ1v) is 3.76. The van der Waals surface area contributed by atoms with Crippen molar-refractivity contribution in [3.63, 3.8) is 0 Å². The summed E-state index contributed by atoms with van der Waals surface area (Å²) >= 11 is 0. The fourth-order valence-electron chi connectivity index (χ4n) is 1.51. The van der Waals surface area contributed by atoms with E-state index in [1.165, 1.54) is 0 Å². The Hall–Kier alpha value is -0.570. The highest BCUT2D eigenvalue weighted by Crippen LogP contribution is 2.22. The minimum Gasteiger partial charge on any atom is -0.369 e. The average Bonchev–Trinajstić information content (AvgIpc) is 1.88. The maximum Gasteiger partial charge on any atom is 0.222 e. The van der Waals surface area contributed by atoms with Crippen molar-refractivity contribution < 1.29 is 4.79 Å². The summed E-state index contributed by atoms with van der Waals surface area (Å²) in [6, 6.07) is 0.0197. The highest BCUT2D eigenvalue weighted by molar-refractivity contribution is 5.77. The van der Waals surface area contributed by atoms with Gasteiger partial charge in [-0.3, -0.25) is 4.79 Å². The van der Waals surface area contributed by atoms with Crippen LogP contribution in [0.25, 0.3) is 0 Å². The second-order valence-electron chi connectivity index (χ2n) is 2.96. The number of carbonyl (C=O) groups excluding carboxylic acids is 1. The van der Waals surface area contributed by atoms with Crippen LogP contribution in [-0.2, 0) is 4.79 Å². The van der Waals surface area contributed by atoms with Gasteiger partial charge in [0.15, 0.2) is 0 Å². The molecule has 0 radical (unpaired) electrons. The molecule has 0 saturated heterocycles. The molecule has 1 aliphatic rings. The number of carbonyl (C=O) groups is 1. The van der Waals surface area contributed by atoms with Crippen LogP contribution in [0.1, 0.15) is 25.7 Å². The van der Waals surface area contributed by atoms with Gasteiger partial charge in [0.2, 0.25) is 5.91 Å². The molecular weight excluding hydrogens is 128 g/mol. The van der Waals surface area contributed by atoms with Crippen LogP contribution in [0.2, 0.25) is 0 Å². The normalized spacial score (nSPS) is 33.7. The molecule has 1 amide bonds. The zero-order chi connectivity index (χ0) is 7.56. The quantitative estimate of drug-likeness (QED) is 0.540. The molecule has 10 heavy (non-hydrogen) atoms. The molecule has 2 atom stereocenters. The predicted molar refractivity (Wildman–Crippen MR) is 39.1 cm³/mol. The molecule has 0 heterocycles. The predicted octanol–water partition coefficient (Wildman–Crippen LogP) is -0.0108. The van der Waals surface area contributed by atoms with E-state index < -0.39 is 0 Å². The molecule has 1 rings (SSSR count). The Morgan fingerprint density at radius 1 is 1.30 bits per heavy atom. The van der Waals surface area contributed by atoms with Crippen molar-refractivity contribution in [3.8, 4) is 0 Å². The smallest absolute Gasteiger partial charge is 0.222 e. The lowest BCUT2D eigenvalue weighted by molar-refractivity contribution is -0.123. The molecule has 3 heteroatoms. The second-order valence-corrected chi connectivity index (χ2v) is 2.96. The third-order valence-corrected chi connectivity index (χ3v) is 2.18. The van der Waals surface area contributed by atoms with Gasteiger partial charge in [0.05, 0.1) is 5.92 Å². The SMILES string of the molecule is NC(=O)[C@H]1CCCCC1N. The van der Waals surface area contributed by atoms with Gasteiger partial charge in [-0.15, -0.1) is 0 Å². The average molecular weight is 142 g/mol. The van der Waals surface area contributed by atoms with Crippen LogP contribution in [0, 0.1) is 5.92 Å². The molecule has 4 N–H and O–H groups in total. The molecule has 0 aliphatic heterocycles. The fourth-order valence-corrected chi connectivity index (χ4v) is 1.51. The molecule has 3 nitrogen and oxygen atoms in total. The van der Waals surface area contributed by atoms with Gasteiger partial charge in [0.25, 0.3) is 0 Å². The van der Waals surface area contributed by atoms with E-state index in [9.17, 15) is 4.79 Å². The molecule has 0 aromatic carbocycles. The van der Waals surface area contributed by atoms with Crippen molar-refractivity contribution in [1.82, 2.24) is 0 Å². The van der Waals surface area contributed by atoms with E-state index in [1.54, 1.807) is 0 Å². The summed E-state index contributed by atoms with van der Waals surface area (Å²) in [5, 5.41) is 0. The summed E-state index contributed by atoms with van der Waals surface area (Å²) in [5.41, 5.74) is 10.8. The lowest BCUT2D eigenvalue weighted by Gasteiger charge is -2.25. The van der Waals surface area contributed by atoms with Crippen LogP contribution in [-0.4, -0.2) is 11.9 Å². The van der Waals surface area contributed by atoms with Crippen LogP contribution in [0.3, 0.4) is 0 Å². The molecule has 0 bridgehead atoms. The van der Waals surface area contributed by atoms with Crippen LogP contribution >= 0.6 is 0 Å². The minimum absolute atomic E-state index is 0.0197. The third-order valence-electron chi connectivity index (χ3n) is 2.18. The van der Waals surface area contributed by atoms with Crippen molar-refractivity contribution in [2.45, 2.75) is 31.7 Å². The lowest BCUT2D eigenvalue weighted by Crippen LogP contribution is -2.41. The van der Waals surface area contributed by atoms with E-state index >= 15 is 0 Å². The Morgan fingerprint density at radius 3 is 2.30 bits per heavy atom. The monoisotopic (exact) mass is 142 g/mol. The zero-order valence-corrected chi connectivity index (χ0v) is 6.05. The number of amides is 1. The number of hydrogen-bond donors (Lipinski definition) is 2. The lowest BCUT2D eigenvalue weighted by atomic mass is 9.85. The molecule has 0 spiro atoms. The summed E-state index contributed by atoms with van der Waals surface area (Å²) in [7, 11) is 0. The van der Waals surface area contributed by atoms with Gasteiger partial charge in [0.1, 0.15) is 0 Å². The van der Waals surface area contributed by atoms with E-state index in [0.29, 0.717) is 0 Å². The van der Waals surface area contributed by atoms with E-state index in [0.717, 1.165) is 25.7 Å². The second kappa shape index (κ2) is 3.01. The first-order chi connectivity index (χ1) is 4.72. The summed E-state index contributed by atoms with van der Waals surface area (Å²) in [5.74, 6) is -0.291. The molecular formula is C7H14N2O. The Kier molecular flexibility index (Phi) is 2.27. The Labute approximate surface area is 60.8 Å². The topological polar surface area (TPSA) is 69.1 Å². The number of primary amides is 1. The number of hydrogen-bond acceptors (Lipinski definition) is 2. The van der Waals surface area contributed by atoms with E-state index in [4.69, 9.17) is 11.5 Å². The summed E-state index contributed by atoms with van der Waals surface area (Å²) in [6.45, 7) is 0. The van der Waals surface area contributed by atoms with Crippen LogP contribution in [0.4, 0.5) is 0 Å². The Bertz CT molecular complexity index is 136. The first-order valence-electron chi connectivity index (χ1n) is 3.76. The van der Waals surface area contributed by atoms with Crippen molar-refractivity contribution in [2.24, 2.45) is 17.4 Å². The highest BCUT2D eigenvalue weighted by Gasteiger charge is 2.25. The van der Waals surface area contributed by atoms with Gasteiger partial charge in [-0.2, -0.15) is 0 Å². The Morgan fingerprint density at radius 2 is 1.90 bits per heavy atom. The van der Waals surface area contributed by atoms with Crippen LogP contribution < -0.4 is 11.5 Å². The third kappa shape index (κ3) is 1.48. The van der Waals surface area contributed by atoms with Crippen molar-refractivity contribution in [1.29, 1.82) is 0 Å². The number of nitrogens with two attached hydrogens (primary N) is 2. The van der Waals surface area contributed by atoms with Gasteiger partial charge < -0.3 is 11.5 Å². The standard InChI is InChI=1S/C7H14N2O/c8-6-4-2-1-3-5(6)7(9)10/h5-6H,1-4,8H2,(H2,9,10)/t5-,6?/m0/s1. The maximum atomic E-state index is 10.7. The summed E-state index contributed by atoms with van der Waals surface area (Å²) in [6.07, 6.45) is 4.08. The van der Waals surface area contributed by atoms with Gasteiger partial charge in [-0.25, -0.2) is 0 Å². The highest BCUT2D eigenvalue weighted by atomic mass is 16.1. The Balaban J connectivity index is 2.47. The molecule has 58 valence electrons. The zero-order valence-electron chi connectivity index (χ0n) is 6.05. The van der Waals surface area contributed by atoms with Gasteiger partial charge in [-0.05, 0) is 12.8 Å². The largest absolute Gasteiger partial charge is 0.369 e. The molecule has 0 aromatic rings. The maximum absolute atomic E-state index is 10.7. The van der Waals surface area contributed by atoms with Gasteiger partial charge in [-0.1, -0.05) is 12.8 Å². The van der Waals surface area contributed by atoms with Crippen LogP contribution in [0.15, 0.2) is 0 Å². The van der Waals surface area contributed by atoms with Crippen molar-refractivity contribution in [3.05, 3.63) is 0 Å². The molecule has 1 unspecified atom stereocenters. The summed E-state index contributed by atoms with van der Waals surface area (Å²) < 4.78 is 0. The molecule has 0 aromatic heterocycles. The fraction of sp³-hybridized carbons (Fsp3) is 0.857. The van der Waals surface area contributed by atoms with E-state index in [2.05, 4.69) is 0 Å². The minimum atomic E-state index is -0.229. The molecule has 1 saturated carbocycles. The van der Waals surface area contributed by atoms with Gasteiger partial charge >= 0.3 is 0 Å². The summed E-state index contributed by atoms with van der Waals surface area (Å²) in [4.78, 5) is 10.7. The van der Waals surface area contributed by atoms with Crippen molar-refractivity contribution in [2.75, 3.05) is 0 Å². The first kappa shape index (κ1) is 7.54. The molecule has 1 fully saturated rings. The van der Waals surface area contributed by atoms with Crippen LogP contribution in [0.5, 0.6) is 0 Å².